The lowest BCUT2D eigenvalue weighted by Crippen LogP contribution is -2.05. The van der Waals surface area contributed by atoms with Gasteiger partial charge in [-0.15, -0.1) is 0 Å². The van der Waals surface area contributed by atoms with Crippen LogP contribution in [0.2, 0.25) is 0 Å². The second kappa shape index (κ2) is 6.13. The number of ketones is 1. The zero-order valence-electron chi connectivity index (χ0n) is 11.1. The molecular weight excluding hydrogens is 369 g/mol. The molecule has 2 rings (SSSR count). The van der Waals surface area contributed by atoms with Crippen LogP contribution in [-0.2, 0) is 0 Å². The maximum absolute atomic E-state index is 12.6. The number of rotatable bonds is 4. The van der Waals surface area contributed by atoms with Gasteiger partial charge in [-0.1, -0.05) is 0 Å². The normalized spacial score (nSPS) is 10.2. The van der Waals surface area contributed by atoms with Crippen molar-refractivity contribution in [3.8, 4) is 11.5 Å². The number of halogens is 1. The van der Waals surface area contributed by atoms with Gasteiger partial charge in [-0.3, -0.25) is 4.79 Å². The Hall–Kier alpha value is -1.76. The molecule has 104 valence electrons. The summed E-state index contributed by atoms with van der Waals surface area (Å²) in [6, 6.07) is 10.4. The smallest absolute Gasteiger partial charge is 0.196 e. The van der Waals surface area contributed by atoms with Gasteiger partial charge < -0.3 is 15.2 Å². The molecular formula is C15H14INO3. The van der Waals surface area contributed by atoms with Gasteiger partial charge >= 0.3 is 0 Å². The second-order valence-electron chi connectivity index (χ2n) is 4.13. The summed E-state index contributed by atoms with van der Waals surface area (Å²) in [6.45, 7) is 0. The van der Waals surface area contributed by atoms with Crippen molar-refractivity contribution in [1.82, 2.24) is 0 Å². The average molecular weight is 383 g/mol. The van der Waals surface area contributed by atoms with E-state index in [-0.39, 0.29) is 5.78 Å². The van der Waals surface area contributed by atoms with E-state index in [1.54, 1.807) is 37.4 Å². The first kappa shape index (κ1) is 14.6. The number of nitrogen functional groups attached to an aromatic ring is 1. The zero-order valence-corrected chi connectivity index (χ0v) is 13.3. The third-order valence-electron chi connectivity index (χ3n) is 2.90. The van der Waals surface area contributed by atoms with Crippen molar-refractivity contribution >= 4 is 34.1 Å². The first-order valence-electron chi connectivity index (χ1n) is 5.88. The molecule has 0 bridgehead atoms. The van der Waals surface area contributed by atoms with Crippen LogP contribution in [0.15, 0.2) is 36.4 Å². The fraction of sp³-hybridized carbons (Fsp3) is 0.133. The van der Waals surface area contributed by atoms with E-state index in [0.717, 1.165) is 3.57 Å². The quantitative estimate of drug-likeness (QED) is 0.501. The van der Waals surface area contributed by atoms with Gasteiger partial charge in [0.2, 0.25) is 0 Å². The van der Waals surface area contributed by atoms with Gasteiger partial charge in [0.1, 0.15) is 11.5 Å². The Morgan fingerprint density at radius 2 is 1.70 bits per heavy atom. The molecule has 0 radical (unpaired) electrons. The number of methoxy groups -OCH3 is 2. The third-order valence-corrected chi connectivity index (χ3v) is 3.57. The molecule has 0 fully saturated rings. The number of benzene rings is 2. The Labute approximate surface area is 131 Å². The molecule has 0 saturated heterocycles. The van der Waals surface area contributed by atoms with Gasteiger partial charge in [0.15, 0.2) is 5.78 Å². The van der Waals surface area contributed by atoms with Crippen molar-refractivity contribution in [3.63, 3.8) is 0 Å². The van der Waals surface area contributed by atoms with Crippen LogP contribution < -0.4 is 15.2 Å². The number of ether oxygens (including phenoxy) is 2. The molecule has 0 unspecified atom stereocenters. The van der Waals surface area contributed by atoms with Crippen molar-refractivity contribution in [2.75, 3.05) is 20.0 Å². The molecule has 0 amide bonds. The van der Waals surface area contributed by atoms with Crippen LogP contribution in [0.4, 0.5) is 5.69 Å². The van der Waals surface area contributed by atoms with E-state index < -0.39 is 0 Å². The summed E-state index contributed by atoms with van der Waals surface area (Å²) in [5.74, 6) is 0.968. The summed E-state index contributed by atoms with van der Waals surface area (Å²) >= 11 is 2.16. The molecule has 2 aromatic rings. The van der Waals surface area contributed by atoms with Crippen molar-refractivity contribution in [1.29, 1.82) is 0 Å². The highest BCUT2D eigenvalue weighted by atomic mass is 127. The van der Waals surface area contributed by atoms with Gasteiger partial charge in [0.25, 0.3) is 0 Å². The summed E-state index contributed by atoms with van der Waals surface area (Å²) in [5.41, 5.74) is 7.29. The molecule has 0 atom stereocenters. The summed E-state index contributed by atoms with van der Waals surface area (Å²) in [6.07, 6.45) is 0. The van der Waals surface area contributed by atoms with Crippen LogP contribution in [0.3, 0.4) is 0 Å². The lowest BCUT2D eigenvalue weighted by Gasteiger charge is -2.10. The predicted molar refractivity (Wildman–Crippen MR) is 86.5 cm³/mol. The Kier molecular flexibility index (Phi) is 4.49. The fourth-order valence-electron chi connectivity index (χ4n) is 1.89. The Morgan fingerprint density at radius 3 is 2.30 bits per heavy atom. The molecule has 0 aliphatic heterocycles. The fourth-order valence-corrected chi connectivity index (χ4v) is 2.38. The first-order chi connectivity index (χ1) is 9.56. The van der Waals surface area contributed by atoms with Crippen LogP contribution in [0.5, 0.6) is 11.5 Å². The highest BCUT2D eigenvalue weighted by molar-refractivity contribution is 14.1. The summed E-state index contributed by atoms with van der Waals surface area (Å²) in [4.78, 5) is 12.6. The second-order valence-corrected chi connectivity index (χ2v) is 5.38. The molecule has 2 aromatic carbocycles. The van der Waals surface area contributed by atoms with Crippen LogP contribution >= 0.6 is 22.6 Å². The number of carbonyl (C=O) groups excluding carboxylic acids is 1. The van der Waals surface area contributed by atoms with Gasteiger partial charge in [-0.2, -0.15) is 0 Å². The van der Waals surface area contributed by atoms with Crippen LogP contribution in [0.1, 0.15) is 15.9 Å². The summed E-state index contributed by atoms with van der Waals surface area (Å²) in [5, 5.41) is 0. The van der Waals surface area contributed by atoms with Crippen LogP contribution in [0, 0.1) is 3.57 Å². The van der Waals surface area contributed by atoms with Crippen molar-refractivity contribution in [2.45, 2.75) is 0 Å². The van der Waals surface area contributed by atoms with Gasteiger partial charge in [-0.25, -0.2) is 0 Å². The average Bonchev–Trinajstić information content (AvgIpc) is 2.46. The Morgan fingerprint density at radius 1 is 1.05 bits per heavy atom. The lowest BCUT2D eigenvalue weighted by atomic mass is 10.0. The monoisotopic (exact) mass is 383 g/mol. The van der Waals surface area contributed by atoms with E-state index in [0.29, 0.717) is 28.3 Å². The van der Waals surface area contributed by atoms with Gasteiger partial charge in [0.05, 0.1) is 25.5 Å². The van der Waals surface area contributed by atoms with Crippen molar-refractivity contribution in [3.05, 3.63) is 51.1 Å². The molecule has 4 nitrogen and oxygen atoms in total. The number of anilines is 1. The zero-order chi connectivity index (χ0) is 14.7. The Bertz CT molecular complexity index is 656. The standard InChI is InChI=1S/C15H14INO3/c1-19-13-6-4-10(16)8-11(13)15(18)9-3-5-14(20-2)12(17)7-9/h3-8H,17H2,1-2H3. The van der Waals surface area contributed by atoms with Crippen LogP contribution in [0.25, 0.3) is 0 Å². The van der Waals surface area contributed by atoms with E-state index in [1.165, 1.54) is 7.11 Å². The predicted octanol–water partition coefficient (Wildman–Crippen LogP) is 3.12. The molecule has 0 heterocycles. The largest absolute Gasteiger partial charge is 0.496 e. The maximum atomic E-state index is 12.6. The molecule has 0 aliphatic carbocycles. The first-order valence-corrected chi connectivity index (χ1v) is 6.96. The molecule has 5 heteroatoms. The minimum atomic E-state index is -0.130. The minimum absolute atomic E-state index is 0.130. The molecule has 0 spiro atoms. The molecule has 2 N–H and O–H groups in total. The topological polar surface area (TPSA) is 61.5 Å². The molecule has 20 heavy (non-hydrogen) atoms. The number of nitrogens with two attached hydrogens (primary N) is 1. The minimum Gasteiger partial charge on any atom is -0.496 e. The molecule has 0 aliphatic rings. The van der Waals surface area contributed by atoms with E-state index in [2.05, 4.69) is 22.6 Å². The van der Waals surface area contributed by atoms with E-state index in [4.69, 9.17) is 15.2 Å². The Balaban J connectivity index is 2.46. The number of hydrogen-bond donors (Lipinski definition) is 1. The third kappa shape index (κ3) is 2.87. The van der Waals surface area contributed by atoms with Crippen molar-refractivity contribution < 1.29 is 14.3 Å². The molecule has 0 aromatic heterocycles. The lowest BCUT2D eigenvalue weighted by molar-refractivity contribution is 0.103. The van der Waals surface area contributed by atoms with Gasteiger partial charge in [0, 0.05) is 9.13 Å². The van der Waals surface area contributed by atoms with E-state index >= 15 is 0 Å². The van der Waals surface area contributed by atoms with Crippen LogP contribution in [-0.4, -0.2) is 20.0 Å². The molecule has 0 saturated carbocycles. The van der Waals surface area contributed by atoms with E-state index in [9.17, 15) is 4.79 Å². The highest BCUT2D eigenvalue weighted by Crippen LogP contribution is 2.27. The number of hydrogen-bond acceptors (Lipinski definition) is 4. The maximum Gasteiger partial charge on any atom is 0.196 e. The number of carbonyl (C=O) groups is 1. The van der Waals surface area contributed by atoms with Gasteiger partial charge in [-0.05, 0) is 59.0 Å². The summed E-state index contributed by atoms with van der Waals surface area (Å²) < 4.78 is 11.3. The van der Waals surface area contributed by atoms with E-state index in [1.807, 2.05) is 6.07 Å². The summed E-state index contributed by atoms with van der Waals surface area (Å²) in [7, 11) is 3.08. The van der Waals surface area contributed by atoms with Crippen molar-refractivity contribution in [2.24, 2.45) is 0 Å². The SMILES string of the molecule is COc1ccc(C(=O)c2cc(I)ccc2OC)cc1N. The highest BCUT2D eigenvalue weighted by Gasteiger charge is 2.16.